The van der Waals surface area contributed by atoms with Crippen molar-refractivity contribution in [2.45, 2.75) is 70.6 Å². The molecule has 0 heterocycles. The maximum Gasteiger partial charge on any atom is 0.325 e. The predicted molar refractivity (Wildman–Crippen MR) is 138 cm³/mol. The van der Waals surface area contributed by atoms with Gasteiger partial charge < -0.3 is 43.4 Å². The summed E-state index contributed by atoms with van der Waals surface area (Å²) in [5.74, 6) is -3.36. The first kappa shape index (κ1) is 31.2. The van der Waals surface area contributed by atoms with Crippen molar-refractivity contribution in [3.8, 4) is 5.75 Å². The van der Waals surface area contributed by atoms with Crippen molar-refractivity contribution in [1.29, 1.82) is 0 Å². The molecule has 1 rings (SSSR count). The molecule has 5 atom stereocenters. The zero-order valence-electron chi connectivity index (χ0n) is 21.4. The summed E-state index contributed by atoms with van der Waals surface area (Å²) in [6, 6.07) is 1.84. The van der Waals surface area contributed by atoms with Crippen molar-refractivity contribution in [1.82, 2.24) is 16.0 Å². The summed E-state index contributed by atoms with van der Waals surface area (Å²) in [5.41, 5.74) is 17.3. The summed E-state index contributed by atoms with van der Waals surface area (Å²) in [6.45, 7) is 5.19. The molecule has 13 nitrogen and oxygen atoms in total. The lowest BCUT2D eigenvalue weighted by Gasteiger charge is -2.26. The Labute approximate surface area is 216 Å². The summed E-state index contributed by atoms with van der Waals surface area (Å²) in [4.78, 5) is 53.9. The van der Waals surface area contributed by atoms with E-state index in [1.807, 2.05) is 13.8 Å². The standard InChI is InChI=1S/C24H39N7O6/c1-4-13(2)19(25)22(35)31-18(12-15-7-9-16(32)10-8-15)21(34)30-17(6-5-11-28-24(26)27)20(33)29-14(3)23(36)37/h7-10,13-14,17-19,32H,4-6,11-12,25H2,1-3H3,(H,29,33)(H,30,34)(H,31,35)(H,36,37)(H4,26,27,28). The number of rotatable bonds is 15. The number of hydrogen-bond donors (Lipinski definition) is 8. The fourth-order valence-corrected chi connectivity index (χ4v) is 3.28. The van der Waals surface area contributed by atoms with Crippen LogP contribution in [-0.2, 0) is 25.6 Å². The number of nitrogens with two attached hydrogens (primary N) is 3. The Hall–Kier alpha value is -3.87. The van der Waals surface area contributed by atoms with Gasteiger partial charge in [-0.2, -0.15) is 0 Å². The van der Waals surface area contributed by atoms with E-state index >= 15 is 0 Å². The Kier molecular flexibility index (Phi) is 12.9. The third-order valence-electron chi connectivity index (χ3n) is 5.88. The molecule has 0 bridgehead atoms. The van der Waals surface area contributed by atoms with E-state index in [0.29, 0.717) is 18.4 Å². The van der Waals surface area contributed by atoms with Gasteiger partial charge >= 0.3 is 5.97 Å². The molecule has 13 heteroatoms. The smallest absolute Gasteiger partial charge is 0.325 e. The number of nitrogens with zero attached hydrogens (tertiary/aromatic N) is 1. The van der Waals surface area contributed by atoms with Gasteiger partial charge in [-0.15, -0.1) is 0 Å². The maximum atomic E-state index is 13.3. The molecule has 206 valence electrons. The Morgan fingerprint density at radius 2 is 1.51 bits per heavy atom. The Morgan fingerprint density at radius 1 is 0.946 bits per heavy atom. The van der Waals surface area contributed by atoms with Crippen LogP contribution in [0.2, 0.25) is 0 Å². The van der Waals surface area contributed by atoms with Crippen LogP contribution >= 0.6 is 0 Å². The maximum absolute atomic E-state index is 13.3. The number of nitrogens with one attached hydrogen (secondary N) is 3. The molecular formula is C24H39N7O6. The minimum atomic E-state index is -1.24. The molecule has 0 spiro atoms. The molecule has 3 amide bonds. The molecule has 0 saturated heterocycles. The SMILES string of the molecule is CCC(C)C(N)C(=O)NC(Cc1ccc(O)cc1)C(=O)NC(CCCN=C(N)N)C(=O)NC(C)C(=O)O. The van der Waals surface area contributed by atoms with Gasteiger partial charge in [-0.3, -0.25) is 24.2 Å². The lowest BCUT2D eigenvalue weighted by atomic mass is 9.98. The Bertz CT molecular complexity index is 949. The number of carboxylic acids is 1. The summed E-state index contributed by atoms with van der Waals surface area (Å²) in [7, 11) is 0. The number of phenols is 1. The van der Waals surface area contributed by atoms with Gasteiger partial charge in [0.25, 0.3) is 0 Å². The first-order valence-corrected chi connectivity index (χ1v) is 12.1. The zero-order valence-corrected chi connectivity index (χ0v) is 21.4. The van der Waals surface area contributed by atoms with E-state index in [2.05, 4.69) is 20.9 Å². The summed E-state index contributed by atoms with van der Waals surface area (Å²) < 4.78 is 0. The molecule has 0 aliphatic rings. The monoisotopic (exact) mass is 521 g/mol. The van der Waals surface area contributed by atoms with Crippen molar-refractivity contribution in [3.05, 3.63) is 29.8 Å². The molecule has 1 aromatic carbocycles. The number of amides is 3. The van der Waals surface area contributed by atoms with Gasteiger partial charge in [0.15, 0.2) is 5.96 Å². The van der Waals surface area contributed by atoms with Crippen molar-refractivity contribution in [2.24, 2.45) is 28.1 Å². The number of carbonyl (C=O) groups is 4. The molecular weight excluding hydrogens is 482 g/mol. The van der Waals surface area contributed by atoms with Gasteiger partial charge in [0.1, 0.15) is 23.9 Å². The number of aromatic hydroxyl groups is 1. The van der Waals surface area contributed by atoms with Crippen LogP contribution in [-0.4, -0.2) is 70.6 Å². The topological polar surface area (TPSA) is 235 Å². The molecule has 0 radical (unpaired) electrons. The number of hydrogen-bond acceptors (Lipinski definition) is 7. The molecule has 0 aromatic heterocycles. The fraction of sp³-hybridized carbons (Fsp3) is 0.542. The number of carbonyl (C=O) groups excluding carboxylic acids is 3. The highest BCUT2D eigenvalue weighted by molar-refractivity contribution is 5.94. The molecule has 0 aliphatic heterocycles. The zero-order chi connectivity index (χ0) is 28.1. The van der Waals surface area contributed by atoms with E-state index in [1.54, 1.807) is 12.1 Å². The average Bonchev–Trinajstić information content (AvgIpc) is 2.85. The van der Waals surface area contributed by atoms with Crippen molar-refractivity contribution < 1.29 is 29.4 Å². The van der Waals surface area contributed by atoms with E-state index in [9.17, 15) is 24.3 Å². The molecule has 0 saturated carbocycles. The molecule has 11 N–H and O–H groups in total. The first-order chi connectivity index (χ1) is 17.3. The van der Waals surface area contributed by atoms with E-state index in [0.717, 1.165) is 0 Å². The lowest BCUT2D eigenvalue weighted by molar-refractivity contribution is -0.141. The van der Waals surface area contributed by atoms with Crippen molar-refractivity contribution >= 4 is 29.7 Å². The average molecular weight is 522 g/mol. The van der Waals surface area contributed by atoms with E-state index in [-0.39, 0.29) is 37.0 Å². The van der Waals surface area contributed by atoms with E-state index in [4.69, 9.17) is 22.3 Å². The second-order valence-corrected chi connectivity index (χ2v) is 8.92. The minimum absolute atomic E-state index is 0.0395. The van der Waals surface area contributed by atoms with Crippen LogP contribution in [0.1, 0.15) is 45.6 Å². The van der Waals surface area contributed by atoms with Crippen LogP contribution in [0, 0.1) is 5.92 Å². The van der Waals surface area contributed by atoms with Gasteiger partial charge in [0, 0.05) is 13.0 Å². The normalized spacial score (nSPS) is 14.8. The van der Waals surface area contributed by atoms with Gasteiger partial charge in [0.2, 0.25) is 17.7 Å². The molecule has 0 aliphatic carbocycles. The second kappa shape index (κ2) is 15.3. The van der Waals surface area contributed by atoms with Crippen LogP contribution in [0.5, 0.6) is 5.75 Å². The quantitative estimate of drug-likeness (QED) is 0.0794. The van der Waals surface area contributed by atoms with Crippen LogP contribution < -0.4 is 33.2 Å². The fourth-order valence-electron chi connectivity index (χ4n) is 3.28. The second-order valence-electron chi connectivity index (χ2n) is 8.92. The highest BCUT2D eigenvalue weighted by Crippen LogP contribution is 2.13. The van der Waals surface area contributed by atoms with Crippen LogP contribution in [0.4, 0.5) is 0 Å². The lowest BCUT2D eigenvalue weighted by Crippen LogP contribution is -2.58. The third kappa shape index (κ3) is 11.2. The highest BCUT2D eigenvalue weighted by Gasteiger charge is 2.30. The number of phenolic OH excluding ortho intramolecular Hbond substituents is 1. The van der Waals surface area contributed by atoms with Crippen LogP contribution in [0.3, 0.4) is 0 Å². The van der Waals surface area contributed by atoms with E-state index in [1.165, 1.54) is 19.1 Å². The largest absolute Gasteiger partial charge is 0.508 e. The molecule has 0 fully saturated rings. The minimum Gasteiger partial charge on any atom is -0.508 e. The van der Waals surface area contributed by atoms with Gasteiger partial charge in [-0.1, -0.05) is 32.4 Å². The number of benzene rings is 1. The van der Waals surface area contributed by atoms with Crippen molar-refractivity contribution in [3.63, 3.8) is 0 Å². The Balaban J connectivity index is 3.13. The van der Waals surface area contributed by atoms with Gasteiger partial charge in [-0.25, -0.2) is 0 Å². The van der Waals surface area contributed by atoms with Crippen LogP contribution in [0.25, 0.3) is 0 Å². The number of aliphatic carboxylic acids is 1. The Morgan fingerprint density at radius 3 is 2.05 bits per heavy atom. The first-order valence-electron chi connectivity index (χ1n) is 12.1. The molecule has 1 aromatic rings. The third-order valence-corrected chi connectivity index (χ3v) is 5.88. The molecule has 37 heavy (non-hydrogen) atoms. The molecule has 5 unspecified atom stereocenters. The van der Waals surface area contributed by atoms with Crippen molar-refractivity contribution in [2.75, 3.05) is 6.54 Å². The summed E-state index contributed by atoms with van der Waals surface area (Å²) in [5, 5.41) is 26.3. The highest BCUT2D eigenvalue weighted by atomic mass is 16.4. The number of carboxylic acid groups (broad SMARTS) is 1. The van der Waals surface area contributed by atoms with Gasteiger partial charge in [0.05, 0.1) is 6.04 Å². The number of aliphatic imine (C=N–C) groups is 1. The summed E-state index contributed by atoms with van der Waals surface area (Å²) in [6.07, 6.45) is 1.13. The summed E-state index contributed by atoms with van der Waals surface area (Å²) >= 11 is 0. The van der Waals surface area contributed by atoms with Gasteiger partial charge in [-0.05, 0) is 43.4 Å². The van der Waals surface area contributed by atoms with E-state index < -0.39 is 47.9 Å². The number of guanidine groups is 1. The predicted octanol–water partition coefficient (Wildman–Crippen LogP) is -1.08. The van der Waals surface area contributed by atoms with Crippen LogP contribution in [0.15, 0.2) is 29.3 Å².